The molecular weight excluding hydrogens is 380 g/mol. The van der Waals surface area contributed by atoms with E-state index in [1.165, 1.54) is 0 Å². The number of hydrogen-bond donors (Lipinski definition) is 2. The predicted molar refractivity (Wildman–Crippen MR) is 94.5 cm³/mol. The van der Waals surface area contributed by atoms with E-state index in [2.05, 4.69) is 21.2 Å². The fourth-order valence-electron chi connectivity index (χ4n) is 3.84. The number of sulfone groups is 1. The molecule has 3 rings (SSSR count). The zero-order valence-electron chi connectivity index (χ0n) is 13.2. The molecule has 1 amide bonds. The number of anilines is 1. The van der Waals surface area contributed by atoms with E-state index in [9.17, 15) is 13.2 Å². The minimum Gasteiger partial charge on any atom is -0.384 e. The molecule has 2 aliphatic heterocycles. The lowest BCUT2D eigenvalue weighted by molar-refractivity contribution is 0.100. The highest BCUT2D eigenvalue weighted by atomic mass is 79.9. The number of amides is 1. The number of carbonyl (C=O) groups is 1. The summed E-state index contributed by atoms with van der Waals surface area (Å²) < 4.78 is 24.6. The van der Waals surface area contributed by atoms with Gasteiger partial charge >= 0.3 is 0 Å². The van der Waals surface area contributed by atoms with Crippen molar-refractivity contribution in [1.29, 1.82) is 0 Å². The van der Waals surface area contributed by atoms with Crippen LogP contribution in [0.1, 0.15) is 48.5 Å². The van der Waals surface area contributed by atoms with Gasteiger partial charge in [-0.25, -0.2) is 8.42 Å². The van der Waals surface area contributed by atoms with Gasteiger partial charge in [-0.05, 0) is 50.3 Å². The largest absolute Gasteiger partial charge is 0.384 e. The molecule has 0 bridgehead atoms. The van der Waals surface area contributed by atoms with E-state index in [4.69, 9.17) is 5.73 Å². The van der Waals surface area contributed by atoms with Gasteiger partial charge in [0, 0.05) is 16.9 Å². The first-order valence-electron chi connectivity index (χ1n) is 7.72. The molecule has 1 unspecified atom stereocenters. The van der Waals surface area contributed by atoms with Crippen molar-refractivity contribution in [3.05, 3.63) is 27.7 Å². The number of rotatable bonds is 2. The van der Waals surface area contributed by atoms with Gasteiger partial charge in [-0.3, -0.25) is 4.79 Å². The predicted octanol–water partition coefficient (Wildman–Crippen LogP) is 2.66. The summed E-state index contributed by atoms with van der Waals surface area (Å²) in [5.41, 5.74) is 7.83. The van der Waals surface area contributed by atoms with Crippen molar-refractivity contribution in [2.24, 2.45) is 11.7 Å². The first kappa shape index (κ1) is 16.8. The van der Waals surface area contributed by atoms with Crippen LogP contribution in [0.4, 0.5) is 5.69 Å². The number of carbonyl (C=O) groups excluding carboxylic acids is 1. The van der Waals surface area contributed by atoms with Crippen LogP contribution in [-0.4, -0.2) is 31.4 Å². The molecule has 5 nitrogen and oxygen atoms in total. The van der Waals surface area contributed by atoms with E-state index in [-0.39, 0.29) is 17.6 Å². The first-order valence-corrected chi connectivity index (χ1v) is 10.2. The fraction of sp³-hybridized carbons (Fsp3) is 0.562. The lowest BCUT2D eigenvalue weighted by Gasteiger charge is -2.37. The average Bonchev–Trinajstić information content (AvgIpc) is 2.84. The van der Waals surface area contributed by atoms with Gasteiger partial charge in [-0.1, -0.05) is 15.9 Å². The van der Waals surface area contributed by atoms with Gasteiger partial charge in [0.05, 0.1) is 21.8 Å². The van der Waals surface area contributed by atoms with Crippen LogP contribution >= 0.6 is 15.9 Å². The minimum atomic E-state index is -3.03. The number of primary amides is 1. The number of nitrogens with one attached hydrogen (secondary N) is 1. The van der Waals surface area contributed by atoms with Crippen LogP contribution in [0.25, 0.3) is 0 Å². The van der Waals surface area contributed by atoms with E-state index in [0.717, 1.165) is 15.7 Å². The molecule has 2 heterocycles. The molecule has 0 aromatic heterocycles. The third kappa shape index (κ3) is 2.78. The molecule has 126 valence electrons. The van der Waals surface area contributed by atoms with Crippen molar-refractivity contribution < 1.29 is 13.2 Å². The van der Waals surface area contributed by atoms with E-state index < -0.39 is 20.5 Å². The first-order chi connectivity index (χ1) is 10.6. The van der Waals surface area contributed by atoms with Crippen LogP contribution in [0, 0.1) is 5.92 Å². The standard InChI is InChI=1S/C16H21BrN2O3S/c1-16(2)7-9(3-4-23(16,21)22)13-8-19-14-11(13)5-10(17)6-12(14)15(18)20/h5-6,9,13,19H,3-4,7-8H2,1-2H3,(H2,18,20)/t9-,13?/m1/s1. The average molecular weight is 401 g/mol. The highest BCUT2D eigenvalue weighted by Crippen LogP contribution is 2.46. The Kier molecular flexibility index (Phi) is 3.99. The SMILES string of the molecule is CC1(C)C[C@H](C2CNc3c(C(N)=O)cc(Br)cc32)CCS1(=O)=O. The molecule has 1 aromatic carbocycles. The lowest BCUT2D eigenvalue weighted by Crippen LogP contribution is -2.42. The molecule has 7 heteroatoms. The number of benzene rings is 1. The molecule has 2 aliphatic rings. The molecule has 0 spiro atoms. The second-order valence-electron chi connectivity index (χ2n) is 7.10. The van der Waals surface area contributed by atoms with E-state index in [0.29, 0.717) is 24.9 Å². The molecular formula is C16H21BrN2O3S. The van der Waals surface area contributed by atoms with Crippen molar-refractivity contribution >= 4 is 37.4 Å². The van der Waals surface area contributed by atoms with Crippen molar-refractivity contribution in [1.82, 2.24) is 0 Å². The normalized spacial score (nSPS) is 28.0. The molecule has 2 atom stereocenters. The van der Waals surface area contributed by atoms with Crippen molar-refractivity contribution in [2.75, 3.05) is 17.6 Å². The highest BCUT2D eigenvalue weighted by molar-refractivity contribution is 9.10. The fourth-order valence-corrected chi connectivity index (χ4v) is 5.95. The Hall–Kier alpha value is -1.08. The number of hydrogen-bond acceptors (Lipinski definition) is 4. The Labute approximate surface area is 145 Å². The van der Waals surface area contributed by atoms with Crippen molar-refractivity contribution in [3.63, 3.8) is 0 Å². The Bertz CT molecular complexity index is 774. The van der Waals surface area contributed by atoms with E-state index in [1.807, 2.05) is 19.9 Å². The molecule has 1 fully saturated rings. The van der Waals surface area contributed by atoms with E-state index >= 15 is 0 Å². The van der Waals surface area contributed by atoms with Crippen LogP contribution in [0.5, 0.6) is 0 Å². The zero-order chi connectivity index (χ0) is 17.0. The van der Waals surface area contributed by atoms with Crippen LogP contribution in [0.3, 0.4) is 0 Å². The van der Waals surface area contributed by atoms with Crippen LogP contribution in [0.2, 0.25) is 0 Å². The Morgan fingerprint density at radius 3 is 2.70 bits per heavy atom. The van der Waals surface area contributed by atoms with Gasteiger partial charge in [0.1, 0.15) is 0 Å². The second-order valence-corrected chi connectivity index (χ2v) is 10.8. The molecule has 3 N–H and O–H groups in total. The Morgan fingerprint density at radius 1 is 1.39 bits per heavy atom. The summed E-state index contributed by atoms with van der Waals surface area (Å²) in [5.74, 6) is 0.252. The van der Waals surface area contributed by atoms with Gasteiger partial charge in [0.15, 0.2) is 9.84 Å². The van der Waals surface area contributed by atoms with Gasteiger partial charge < -0.3 is 11.1 Å². The molecule has 23 heavy (non-hydrogen) atoms. The maximum Gasteiger partial charge on any atom is 0.250 e. The maximum atomic E-state index is 12.2. The van der Waals surface area contributed by atoms with Crippen LogP contribution in [0.15, 0.2) is 16.6 Å². The third-order valence-corrected chi connectivity index (χ3v) is 8.30. The van der Waals surface area contributed by atoms with Crippen LogP contribution < -0.4 is 11.1 Å². The maximum absolute atomic E-state index is 12.2. The van der Waals surface area contributed by atoms with Crippen molar-refractivity contribution in [3.8, 4) is 0 Å². The number of fused-ring (bicyclic) bond motifs is 1. The quantitative estimate of drug-likeness (QED) is 0.798. The summed E-state index contributed by atoms with van der Waals surface area (Å²) in [4.78, 5) is 11.7. The Morgan fingerprint density at radius 2 is 2.09 bits per heavy atom. The molecule has 0 radical (unpaired) electrons. The summed E-state index contributed by atoms with van der Waals surface area (Å²) in [7, 11) is -3.03. The molecule has 0 aliphatic carbocycles. The van der Waals surface area contributed by atoms with Gasteiger partial charge in [0.2, 0.25) is 0 Å². The van der Waals surface area contributed by atoms with Crippen LogP contribution in [-0.2, 0) is 9.84 Å². The summed E-state index contributed by atoms with van der Waals surface area (Å²) in [6.45, 7) is 4.34. The van der Waals surface area contributed by atoms with Gasteiger partial charge in [-0.2, -0.15) is 0 Å². The van der Waals surface area contributed by atoms with Gasteiger partial charge in [-0.15, -0.1) is 0 Å². The topological polar surface area (TPSA) is 89.3 Å². The third-order valence-electron chi connectivity index (χ3n) is 5.22. The van der Waals surface area contributed by atoms with Gasteiger partial charge in [0.25, 0.3) is 5.91 Å². The summed E-state index contributed by atoms with van der Waals surface area (Å²) in [6, 6.07) is 3.74. The van der Waals surface area contributed by atoms with E-state index in [1.54, 1.807) is 6.07 Å². The summed E-state index contributed by atoms with van der Waals surface area (Å²) in [5, 5.41) is 3.30. The summed E-state index contributed by atoms with van der Waals surface area (Å²) >= 11 is 3.44. The zero-order valence-corrected chi connectivity index (χ0v) is 15.6. The summed E-state index contributed by atoms with van der Waals surface area (Å²) in [6.07, 6.45) is 1.30. The van der Waals surface area contributed by atoms with Crippen molar-refractivity contribution in [2.45, 2.75) is 37.4 Å². The monoisotopic (exact) mass is 400 g/mol. The number of nitrogens with two attached hydrogens (primary N) is 1. The molecule has 1 aromatic rings. The lowest BCUT2D eigenvalue weighted by atomic mass is 9.79. The minimum absolute atomic E-state index is 0.204. The number of halogens is 1. The smallest absolute Gasteiger partial charge is 0.250 e. The highest BCUT2D eigenvalue weighted by Gasteiger charge is 2.44. The Balaban J connectivity index is 1.96. The second kappa shape index (κ2) is 5.48. The molecule has 0 saturated carbocycles. The molecule has 1 saturated heterocycles.